The lowest BCUT2D eigenvalue weighted by atomic mass is 10.0. The number of fused-ring (bicyclic) bond motifs is 1. The van der Waals surface area contributed by atoms with E-state index in [0.29, 0.717) is 28.8 Å². The third kappa shape index (κ3) is 4.20. The number of hydrogen-bond donors (Lipinski definition) is 1. The topological polar surface area (TPSA) is 67.9 Å². The molecule has 28 heavy (non-hydrogen) atoms. The van der Waals surface area contributed by atoms with Crippen LogP contribution in [0.2, 0.25) is 0 Å². The smallest absolute Gasteiger partial charge is 0.341 e. The van der Waals surface area contributed by atoms with Gasteiger partial charge in [0.2, 0.25) is 0 Å². The van der Waals surface area contributed by atoms with Gasteiger partial charge >= 0.3 is 5.97 Å². The zero-order chi connectivity index (χ0) is 20.3. The fraction of sp³-hybridized carbons (Fsp3) is 0.429. The molecule has 2 aromatic rings. The first-order valence-electron chi connectivity index (χ1n) is 9.45. The van der Waals surface area contributed by atoms with E-state index in [1.807, 2.05) is 6.92 Å². The Morgan fingerprint density at radius 1 is 1.25 bits per heavy atom. The molecular formula is C21H26N2O4S. The van der Waals surface area contributed by atoms with Crippen LogP contribution in [0.25, 0.3) is 0 Å². The van der Waals surface area contributed by atoms with E-state index in [2.05, 4.69) is 24.1 Å². The van der Waals surface area contributed by atoms with Crippen LogP contribution in [0.4, 0.5) is 5.00 Å². The fourth-order valence-corrected chi connectivity index (χ4v) is 4.57. The molecule has 3 rings (SSSR count). The second-order valence-electron chi connectivity index (χ2n) is 6.93. The van der Waals surface area contributed by atoms with E-state index in [9.17, 15) is 9.59 Å². The Hall–Kier alpha value is -2.38. The molecule has 0 saturated heterocycles. The lowest BCUT2D eigenvalue weighted by Gasteiger charge is -2.30. The molecule has 0 bridgehead atoms. The number of rotatable bonds is 6. The van der Waals surface area contributed by atoms with Crippen LogP contribution < -0.4 is 10.1 Å². The van der Waals surface area contributed by atoms with Crippen molar-refractivity contribution in [2.24, 2.45) is 0 Å². The number of benzene rings is 1. The van der Waals surface area contributed by atoms with Gasteiger partial charge in [0.25, 0.3) is 5.91 Å². The second kappa shape index (κ2) is 8.75. The van der Waals surface area contributed by atoms with Gasteiger partial charge in [0.15, 0.2) is 0 Å². The molecular weight excluding hydrogens is 376 g/mol. The van der Waals surface area contributed by atoms with Gasteiger partial charge in [-0.25, -0.2) is 4.79 Å². The van der Waals surface area contributed by atoms with E-state index in [1.165, 1.54) is 18.4 Å². The molecule has 1 aliphatic heterocycles. The van der Waals surface area contributed by atoms with Crippen molar-refractivity contribution >= 4 is 28.2 Å². The summed E-state index contributed by atoms with van der Waals surface area (Å²) in [6.45, 7) is 8.47. The summed E-state index contributed by atoms with van der Waals surface area (Å²) in [7, 11) is 1.37. The van der Waals surface area contributed by atoms with Crippen molar-refractivity contribution in [2.75, 3.05) is 25.6 Å². The number of amides is 1. The van der Waals surface area contributed by atoms with Crippen molar-refractivity contribution in [2.45, 2.75) is 39.8 Å². The summed E-state index contributed by atoms with van der Waals surface area (Å²) in [5.74, 6) is 0.0552. The number of esters is 1. The molecule has 6 nitrogen and oxygen atoms in total. The van der Waals surface area contributed by atoms with Gasteiger partial charge in [-0.3, -0.25) is 9.69 Å². The van der Waals surface area contributed by atoms with Crippen LogP contribution in [-0.2, 0) is 17.7 Å². The van der Waals surface area contributed by atoms with Gasteiger partial charge in [-0.2, -0.15) is 0 Å². The van der Waals surface area contributed by atoms with Crippen LogP contribution in [0.5, 0.6) is 5.75 Å². The highest BCUT2D eigenvalue weighted by molar-refractivity contribution is 7.17. The van der Waals surface area contributed by atoms with Crippen molar-refractivity contribution in [1.82, 2.24) is 4.90 Å². The average Bonchev–Trinajstić information content (AvgIpc) is 3.05. The predicted molar refractivity (Wildman–Crippen MR) is 110 cm³/mol. The maximum absolute atomic E-state index is 12.7. The molecule has 0 unspecified atom stereocenters. The number of ether oxygens (including phenoxy) is 2. The summed E-state index contributed by atoms with van der Waals surface area (Å²) < 4.78 is 10.4. The molecule has 150 valence electrons. The summed E-state index contributed by atoms with van der Waals surface area (Å²) >= 11 is 1.46. The number of anilines is 1. The minimum atomic E-state index is -0.405. The van der Waals surface area contributed by atoms with Crippen molar-refractivity contribution in [3.05, 3.63) is 45.8 Å². The third-order valence-corrected chi connectivity index (χ3v) is 5.99. The Morgan fingerprint density at radius 2 is 1.96 bits per heavy atom. The Kier molecular flexibility index (Phi) is 6.36. The fourth-order valence-electron chi connectivity index (χ4n) is 3.31. The van der Waals surface area contributed by atoms with Crippen molar-refractivity contribution < 1.29 is 19.1 Å². The Morgan fingerprint density at radius 3 is 2.57 bits per heavy atom. The summed E-state index contributed by atoms with van der Waals surface area (Å²) in [5, 5.41) is 3.47. The van der Waals surface area contributed by atoms with E-state index in [-0.39, 0.29) is 5.91 Å². The van der Waals surface area contributed by atoms with E-state index in [0.717, 1.165) is 35.7 Å². The standard InChI is InChI=1S/C21H26N2O4S/c1-5-27-15-8-6-14(7-9-15)19(24)22-20-18(21(25)26-4)16-10-11-23(13(2)3)12-17(16)28-20/h6-9,13H,5,10-12H2,1-4H3,(H,22,24). The van der Waals surface area contributed by atoms with Gasteiger partial charge in [-0.1, -0.05) is 0 Å². The minimum Gasteiger partial charge on any atom is -0.494 e. The van der Waals surface area contributed by atoms with Crippen molar-refractivity contribution in [3.63, 3.8) is 0 Å². The number of thiophene rings is 1. The van der Waals surface area contributed by atoms with Gasteiger partial charge < -0.3 is 14.8 Å². The molecule has 0 saturated carbocycles. The number of methoxy groups -OCH3 is 1. The predicted octanol–water partition coefficient (Wildman–Crippen LogP) is 3.95. The van der Waals surface area contributed by atoms with Gasteiger partial charge in [-0.15, -0.1) is 11.3 Å². The van der Waals surface area contributed by atoms with Crippen LogP contribution in [-0.4, -0.2) is 43.1 Å². The zero-order valence-corrected chi connectivity index (χ0v) is 17.5. The Bertz CT molecular complexity index is 858. The average molecular weight is 403 g/mol. The molecule has 0 radical (unpaired) electrons. The number of carbonyl (C=O) groups excluding carboxylic acids is 2. The maximum atomic E-state index is 12.7. The van der Waals surface area contributed by atoms with Gasteiger partial charge in [0, 0.05) is 29.6 Å². The number of carbonyl (C=O) groups is 2. The zero-order valence-electron chi connectivity index (χ0n) is 16.7. The number of nitrogens with one attached hydrogen (secondary N) is 1. The molecule has 0 fully saturated rings. The van der Waals surface area contributed by atoms with Crippen molar-refractivity contribution in [3.8, 4) is 5.75 Å². The lowest BCUT2D eigenvalue weighted by Crippen LogP contribution is -2.35. The summed E-state index contributed by atoms with van der Waals surface area (Å²) in [4.78, 5) is 28.6. The summed E-state index contributed by atoms with van der Waals surface area (Å²) in [5.41, 5.74) is 2.00. The van der Waals surface area contributed by atoms with Gasteiger partial charge in [0.05, 0.1) is 19.3 Å². The van der Waals surface area contributed by atoms with Crippen molar-refractivity contribution in [1.29, 1.82) is 0 Å². The van der Waals surface area contributed by atoms with Crippen LogP contribution in [0.15, 0.2) is 24.3 Å². The molecule has 1 amide bonds. The lowest BCUT2D eigenvalue weighted by molar-refractivity contribution is 0.0600. The Balaban J connectivity index is 1.86. The highest BCUT2D eigenvalue weighted by Gasteiger charge is 2.30. The van der Waals surface area contributed by atoms with E-state index >= 15 is 0 Å². The first kappa shape index (κ1) is 20.4. The number of hydrogen-bond acceptors (Lipinski definition) is 6. The molecule has 0 spiro atoms. The molecule has 0 atom stereocenters. The first-order chi connectivity index (χ1) is 13.4. The van der Waals surface area contributed by atoms with E-state index in [1.54, 1.807) is 24.3 Å². The van der Waals surface area contributed by atoms with Crippen LogP contribution in [0, 0.1) is 0 Å². The molecule has 1 N–H and O–H groups in total. The van der Waals surface area contributed by atoms with Crippen LogP contribution >= 0.6 is 11.3 Å². The molecule has 0 aliphatic carbocycles. The summed E-state index contributed by atoms with van der Waals surface area (Å²) in [6, 6.07) is 7.39. The molecule has 2 heterocycles. The number of nitrogens with zero attached hydrogens (tertiary/aromatic N) is 1. The highest BCUT2D eigenvalue weighted by atomic mass is 32.1. The second-order valence-corrected chi connectivity index (χ2v) is 8.03. The summed E-state index contributed by atoms with van der Waals surface area (Å²) in [6.07, 6.45) is 0.771. The quantitative estimate of drug-likeness (QED) is 0.741. The third-order valence-electron chi connectivity index (χ3n) is 4.86. The first-order valence-corrected chi connectivity index (χ1v) is 10.3. The SMILES string of the molecule is CCOc1ccc(C(=O)Nc2sc3c(c2C(=O)OC)CCN(C(C)C)C3)cc1. The largest absolute Gasteiger partial charge is 0.494 e. The monoisotopic (exact) mass is 402 g/mol. The van der Waals surface area contributed by atoms with Gasteiger partial charge in [-0.05, 0) is 57.0 Å². The molecule has 1 aromatic heterocycles. The van der Waals surface area contributed by atoms with Gasteiger partial charge in [0.1, 0.15) is 10.8 Å². The van der Waals surface area contributed by atoms with Crippen LogP contribution in [0.1, 0.15) is 51.9 Å². The molecule has 1 aromatic carbocycles. The highest BCUT2D eigenvalue weighted by Crippen LogP contribution is 2.38. The van der Waals surface area contributed by atoms with Crippen LogP contribution in [0.3, 0.4) is 0 Å². The molecule has 7 heteroatoms. The normalized spacial score (nSPS) is 13.9. The minimum absolute atomic E-state index is 0.257. The van der Waals surface area contributed by atoms with E-state index < -0.39 is 5.97 Å². The van der Waals surface area contributed by atoms with E-state index in [4.69, 9.17) is 9.47 Å². The maximum Gasteiger partial charge on any atom is 0.341 e. The Labute approximate surface area is 169 Å². The molecule has 1 aliphatic rings.